The van der Waals surface area contributed by atoms with E-state index in [9.17, 15) is 8.42 Å². The predicted molar refractivity (Wildman–Crippen MR) is 86.6 cm³/mol. The Morgan fingerprint density at radius 3 is 1.70 bits per heavy atom. The quantitative estimate of drug-likeness (QED) is 0.582. The van der Waals surface area contributed by atoms with E-state index in [1.807, 2.05) is 0 Å². The molecule has 0 spiro atoms. The molecule has 1 N–H and O–H groups in total. The van der Waals surface area contributed by atoms with Crippen molar-refractivity contribution in [2.45, 2.75) is 81.9 Å². The highest BCUT2D eigenvalue weighted by atomic mass is 32.2. The molecule has 0 bridgehead atoms. The van der Waals surface area contributed by atoms with Crippen LogP contribution < -0.4 is 0 Å². The molecule has 0 aromatic rings. The van der Waals surface area contributed by atoms with Crippen LogP contribution in [0.25, 0.3) is 0 Å². The van der Waals surface area contributed by atoms with Gasteiger partial charge in [-0.3, -0.25) is 4.55 Å². The van der Waals surface area contributed by atoms with Gasteiger partial charge in [0.1, 0.15) is 0 Å². The van der Waals surface area contributed by atoms with E-state index >= 15 is 0 Å². The Morgan fingerprint density at radius 2 is 1.30 bits per heavy atom. The van der Waals surface area contributed by atoms with Gasteiger partial charge in [-0.25, -0.2) is 0 Å². The Hall–Kier alpha value is 0.340. The second kappa shape index (κ2) is 8.10. The van der Waals surface area contributed by atoms with Crippen LogP contribution in [0.1, 0.15) is 70.6 Å². The second-order valence-electron chi connectivity index (χ2n) is 6.46. The second-order valence-corrected chi connectivity index (χ2v) is 11.0. The van der Waals surface area contributed by atoms with Crippen molar-refractivity contribution in [2.24, 2.45) is 0 Å². The van der Waals surface area contributed by atoms with Gasteiger partial charge in [0, 0.05) is 0 Å². The van der Waals surface area contributed by atoms with Gasteiger partial charge in [-0.2, -0.15) is 8.42 Å². The standard InChI is InChI=1S/C15H29O3PS/c16-20(17,18)13-7-12-19(14-8-3-1-4-9-14)15-10-5-2-6-11-15/h14-15H,1-13H2,(H,16,17,18). The molecule has 5 heteroatoms. The zero-order valence-electron chi connectivity index (χ0n) is 12.5. The van der Waals surface area contributed by atoms with Crippen LogP contribution in [-0.2, 0) is 10.1 Å². The van der Waals surface area contributed by atoms with Gasteiger partial charge in [-0.05, 0) is 49.6 Å². The lowest BCUT2D eigenvalue weighted by molar-refractivity contribution is 0.479. The third kappa shape index (κ3) is 5.61. The molecule has 2 saturated carbocycles. The van der Waals surface area contributed by atoms with E-state index in [-0.39, 0.29) is 13.7 Å². The summed E-state index contributed by atoms with van der Waals surface area (Å²) in [7, 11) is -3.80. The summed E-state index contributed by atoms with van der Waals surface area (Å²) in [6.07, 6.45) is 15.4. The van der Waals surface area contributed by atoms with Gasteiger partial charge >= 0.3 is 0 Å². The summed E-state index contributed by atoms with van der Waals surface area (Å²) in [5.74, 6) is -0.0364. The van der Waals surface area contributed by atoms with E-state index < -0.39 is 10.1 Å². The van der Waals surface area contributed by atoms with Crippen LogP contribution >= 0.6 is 7.92 Å². The summed E-state index contributed by atoms with van der Waals surface area (Å²) >= 11 is 0. The average Bonchev–Trinajstić information content (AvgIpc) is 2.44. The van der Waals surface area contributed by atoms with E-state index in [0.717, 1.165) is 17.5 Å². The highest BCUT2D eigenvalue weighted by Gasteiger charge is 2.30. The minimum absolute atomic E-state index is 0.0256. The minimum atomic E-state index is -3.77. The smallest absolute Gasteiger partial charge is 0.264 e. The molecule has 0 aliphatic heterocycles. The molecule has 20 heavy (non-hydrogen) atoms. The predicted octanol–water partition coefficient (Wildman–Crippen LogP) is 4.41. The lowest BCUT2D eigenvalue weighted by atomic mass is 9.99. The molecule has 0 unspecified atom stereocenters. The lowest BCUT2D eigenvalue weighted by Gasteiger charge is -2.38. The Kier molecular flexibility index (Phi) is 6.77. The first-order chi connectivity index (χ1) is 9.56. The number of hydrogen-bond acceptors (Lipinski definition) is 2. The van der Waals surface area contributed by atoms with Crippen LogP contribution in [0.3, 0.4) is 0 Å². The Labute approximate surface area is 125 Å². The van der Waals surface area contributed by atoms with Crippen molar-refractivity contribution in [1.29, 1.82) is 0 Å². The van der Waals surface area contributed by atoms with Crippen LogP contribution in [0.2, 0.25) is 0 Å². The maximum atomic E-state index is 10.9. The topological polar surface area (TPSA) is 54.4 Å². The fraction of sp³-hybridized carbons (Fsp3) is 1.00. The molecule has 0 radical (unpaired) electrons. The normalized spacial score (nSPS) is 23.3. The summed E-state index contributed by atoms with van der Waals surface area (Å²) < 4.78 is 30.8. The monoisotopic (exact) mass is 320 g/mol. The zero-order chi connectivity index (χ0) is 14.4. The molecule has 0 amide bonds. The van der Waals surface area contributed by atoms with Crippen molar-refractivity contribution in [2.75, 3.05) is 11.9 Å². The average molecular weight is 320 g/mol. The molecule has 0 saturated heterocycles. The lowest BCUT2D eigenvalue weighted by Crippen LogP contribution is -2.22. The van der Waals surface area contributed by atoms with Crippen molar-refractivity contribution < 1.29 is 13.0 Å². The molecule has 0 atom stereocenters. The van der Waals surface area contributed by atoms with Gasteiger partial charge in [-0.15, -0.1) is 7.92 Å². The van der Waals surface area contributed by atoms with Gasteiger partial charge in [0.05, 0.1) is 5.75 Å². The van der Waals surface area contributed by atoms with E-state index in [1.165, 1.54) is 64.2 Å². The van der Waals surface area contributed by atoms with Gasteiger partial charge in [0.25, 0.3) is 10.1 Å². The largest absolute Gasteiger partial charge is 0.286 e. The highest BCUT2D eigenvalue weighted by molar-refractivity contribution is 7.85. The molecule has 2 fully saturated rings. The summed E-state index contributed by atoms with van der Waals surface area (Å²) in [6, 6.07) is 0. The molecule has 0 aromatic heterocycles. The molecule has 3 nitrogen and oxygen atoms in total. The van der Waals surface area contributed by atoms with E-state index in [4.69, 9.17) is 4.55 Å². The third-order valence-electron chi connectivity index (χ3n) is 4.91. The van der Waals surface area contributed by atoms with E-state index in [0.29, 0.717) is 6.42 Å². The van der Waals surface area contributed by atoms with Crippen LogP contribution in [0.5, 0.6) is 0 Å². The fourth-order valence-corrected chi connectivity index (χ4v) is 8.55. The van der Waals surface area contributed by atoms with Crippen LogP contribution in [0.4, 0.5) is 0 Å². The van der Waals surface area contributed by atoms with Gasteiger partial charge < -0.3 is 0 Å². The first-order valence-corrected chi connectivity index (χ1v) is 11.5. The van der Waals surface area contributed by atoms with Crippen molar-refractivity contribution >= 4 is 18.0 Å². The van der Waals surface area contributed by atoms with Crippen LogP contribution in [0.15, 0.2) is 0 Å². The SMILES string of the molecule is O=S(=O)(O)CCCP(C1CCCCC1)C1CCCCC1. The number of rotatable bonds is 6. The zero-order valence-corrected chi connectivity index (χ0v) is 14.2. The Balaban J connectivity index is 1.91. The Morgan fingerprint density at radius 1 is 0.850 bits per heavy atom. The highest BCUT2D eigenvalue weighted by Crippen LogP contribution is 2.55. The van der Waals surface area contributed by atoms with Gasteiger partial charge in [0.15, 0.2) is 0 Å². The summed E-state index contributed by atoms with van der Waals surface area (Å²) in [5, 5.41) is 0. The maximum absolute atomic E-state index is 10.9. The molecule has 0 heterocycles. The van der Waals surface area contributed by atoms with Crippen LogP contribution in [-0.4, -0.2) is 36.2 Å². The van der Waals surface area contributed by atoms with Gasteiger partial charge in [0.2, 0.25) is 0 Å². The van der Waals surface area contributed by atoms with Crippen molar-refractivity contribution in [3.05, 3.63) is 0 Å². The molecule has 0 aromatic carbocycles. The third-order valence-corrected chi connectivity index (χ3v) is 9.45. The summed E-state index contributed by atoms with van der Waals surface area (Å²) in [6.45, 7) is 0. The van der Waals surface area contributed by atoms with Crippen molar-refractivity contribution in [3.8, 4) is 0 Å². The first kappa shape index (κ1) is 16.7. The molecular formula is C15H29O3PS. The number of hydrogen-bond donors (Lipinski definition) is 1. The Bertz CT molecular complexity index is 353. The minimum Gasteiger partial charge on any atom is -0.286 e. The maximum Gasteiger partial charge on any atom is 0.264 e. The first-order valence-electron chi connectivity index (χ1n) is 8.27. The fourth-order valence-electron chi connectivity index (χ4n) is 3.92. The van der Waals surface area contributed by atoms with E-state index in [1.54, 1.807) is 0 Å². The summed E-state index contributed by atoms with van der Waals surface area (Å²) in [4.78, 5) is 0. The molecular weight excluding hydrogens is 291 g/mol. The molecule has 2 aliphatic rings. The molecule has 118 valence electrons. The van der Waals surface area contributed by atoms with Crippen LogP contribution in [0, 0.1) is 0 Å². The molecule has 2 rings (SSSR count). The van der Waals surface area contributed by atoms with E-state index in [2.05, 4.69) is 0 Å². The van der Waals surface area contributed by atoms with Crippen molar-refractivity contribution in [1.82, 2.24) is 0 Å². The summed E-state index contributed by atoms with van der Waals surface area (Å²) in [5.41, 5.74) is 1.76. The van der Waals surface area contributed by atoms with Crippen molar-refractivity contribution in [3.63, 3.8) is 0 Å². The van der Waals surface area contributed by atoms with Gasteiger partial charge in [-0.1, -0.05) is 38.5 Å². The molecule has 2 aliphatic carbocycles.